The van der Waals surface area contributed by atoms with Crippen LogP contribution in [0.3, 0.4) is 0 Å². The minimum Gasteiger partial charge on any atom is -0.444 e. The third kappa shape index (κ3) is 4.77. The zero-order chi connectivity index (χ0) is 15.5. The highest BCUT2D eigenvalue weighted by molar-refractivity contribution is 5.86. The Balaban J connectivity index is 2.90. The molecule has 0 heterocycles. The second kappa shape index (κ2) is 6.17. The highest BCUT2D eigenvalue weighted by atomic mass is 19.3. The molecule has 0 aliphatic rings. The van der Waals surface area contributed by atoms with E-state index in [9.17, 15) is 13.6 Å². The molecule has 0 spiro atoms. The normalized spacial score (nSPS) is 13.2. The Bertz CT molecular complexity index is 485. The van der Waals surface area contributed by atoms with Gasteiger partial charge in [-0.1, -0.05) is 12.1 Å². The summed E-state index contributed by atoms with van der Waals surface area (Å²) in [5.74, 6) is 0. The number of ether oxygens (including phenoxy) is 1. The molecule has 4 nitrogen and oxygen atoms in total. The summed E-state index contributed by atoms with van der Waals surface area (Å²) in [6.45, 7) is 6.97. The Morgan fingerprint density at radius 3 is 2.45 bits per heavy atom. The first-order chi connectivity index (χ1) is 9.10. The van der Waals surface area contributed by atoms with Crippen LogP contribution >= 0.6 is 0 Å². The number of amides is 1. The summed E-state index contributed by atoms with van der Waals surface area (Å²) in [7, 11) is 0. The van der Waals surface area contributed by atoms with Crippen LogP contribution in [0.25, 0.3) is 0 Å². The van der Waals surface area contributed by atoms with Crippen molar-refractivity contribution in [2.45, 2.75) is 45.8 Å². The average Bonchev–Trinajstić information content (AvgIpc) is 2.28. The van der Waals surface area contributed by atoms with Crippen LogP contribution in [0.2, 0.25) is 0 Å². The number of benzene rings is 1. The van der Waals surface area contributed by atoms with E-state index < -0.39 is 24.2 Å². The van der Waals surface area contributed by atoms with E-state index in [1.54, 1.807) is 33.8 Å². The van der Waals surface area contributed by atoms with Crippen LogP contribution in [0.4, 0.5) is 19.3 Å². The van der Waals surface area contributed by atoms with Gasteiger partial charge in [0.2, 0.25) is 0 Å². The first-order valence-electron chi connectivity index (χ1n) is 6.24. The number of rotatable bonds is 3. The number of halogens is 2. The van der Waals surface area contributed by atoms with Gasteiger partial charge in [-0.2, -0.15) is 0 Å². The summed E-state index contributed by atoms with van der Waals surface area (Å²) in [5, 5.41) is 2.54. The quantitative estimate of drug-likeness (QED) is 0.892. The Hall–Kier alpha value is -1.69. The van der Waals surface area contributed by atoms with Crippen molar-refractivity contribution in [2.24, 2.45) is 5.73 Å². The molecule has 0 radical (unpaired) electrons. The van der Waals surface area contributed by atoms with Gasteiger partial charge in [-0.3, -0.25) is 5.32 Å². The van der Waals surface area contributed by atoms with Crippen LogP contribution in [-0.4, -0.2) is 18.1 Å². The van der Waals surface area contributed by atoms with Gasteiger partial charge in [-0.05, 0) is 44.9 Å². The fourth-order valence-corrected chi connectivity index (χ4v) is 1.54. The van der Waals surface area contributed by atoms with Crippen molar-refractivity contribution in [1.82, 2.24) is 0 Å². The molecular weight excluding hydrogens is 266 g/mol. The van der Waals surface area contributed by atoms with E-state index in [2.05, 4.69) is 5.32 Å². The summed E-state index contributed by atoms with van der Waals surface area (Å²) in [6, 6.07) is 3.21. The van der Waals surface area contributed by atoms with Gasteiger partial charge in [0.25, 0.3) is 6.43 Å². The number of anilines is 1. The number of carbonyl (C=O) groups is 1. The van der Waals surface area contributed by atoms with Gasteiger partial charge >= 0.3 is 6.09 Å². The van der Waals surface area contributed by atoms with Gasteiger partial charge in [0.1, 0.15) is 5.60 Å². The van der Waals surface area contributed by atoms with Gasteiger partial charge in [0.15, 0.2) is 0 Å². The molecule has 0 saturated heterocycles. The third-order valence-electron chi connectivity index (χ3n) is 2.55. The van der Waals surface area contributed by atoms with E-state index in [1.807, 2.05) is 0 Å². The van der Waals surface area contributed by atoms with Gasteiger partial charge in [0, 0.05) is 5.69 Å². The topological polar surface area (TPSA) is 64.3 Å². The number of aryl methyl sites for hydroxylation is 1. The van der Waals surface area contributed by atoms with E-state index in [4.69, 9.17) is 10.5 Å². The molecule has 1 amide bonds. The number of hydrogen-bond donors (Lipinski definition) is 2. The third-order valence-corrected chi connectivity index (χ3v) is 2.55. The fourth-order valence-electron chi connectivity index (χ4n) is 1.54. The van der Waals surface area contributed by atoms with E-state index >= 15 is 0 Å². The largest absolute Gasteiger partial charge is 0.444 e. The molecule has 20 heavy (non-hydrogen) atoms. The molecule has 1 rings (SSSR count). The highest BCUT2D eigenvalue weighted by Gasteiger charge is 2.20. The number of nitrogens with one attached hydrogen (secondary N) is 1. The van der Waals surface area contributed by atoms with E-state index in [0.29, 0.717) is 5.69 Å². The SMILES string of the molecule is Cc1ccc(C(N)C(F)F)cc1NC(=O)OC(C)(C)C. The monoisotopic (exact) mass is 286 g/mol. The van der Waals surface area contributed by atoms with Crippen molar-refractivity contribution in [3.63, 3.8) is 0 Å². The molecule has 112 valence electrons. The first-order valence-corrected chi connectivity index (χ1v) is 6.24. The number of alkyl halides is 2. The van der Waals surface area contributed by atoms with Gasteiger partial charge < -0.3 is 10.5 Å². The Morgan fingerprint density at radius 2 is 1.95 bits per heavy atom. The lowest BCUT2D eigenvalue weighted by Gasteiger charge is -2.20. The molecule has 0 fully saturated rings. The maximum atomic E-state index is 12.6. The number of carbonyl (C=O) groups excluding carboxylic acids is 1. The Labute approximate surface area is 117 Å². The number of nitrogens with two attached hydrogens (primary N) is 1. The zero-order valence-electron chi connectivity index (χ0n) is 12.0. The summed E-state index contributed by atoms with van der Waals surface area (Å²) >= 11 is 0. The molecule has 1 atom stereocenters. The fraction of sp³-hybridized carbons (Fsp3) is 0.500. The highest BCUT2D eigenvalue weighted by Crippen LogP contribution is 2.24. The molecule has 0 bridgehead atoms. The first kappa shape index (κ1) is 16.4. The maximum Gasteiger partial charge on any atom is 0.412 e. The predicted molar refractivity (Wildman–Crippen MR) is 74.0 cm³/mol. The van der Waals surface area contributed by atoms with Crippen molar-refractivity contribution in [3.8, 4) is 0 Å². The molecule has 6 heteroatoms. The summed E-state index contributed by atoms with van der Waals surface area (Å²) in [4.78, 5) is 11.7. The summed E-state index contributed by atoms with van der Waals surface area (Å²) < 4.78 is 30.3. The molecule has 3 N–H and O–H groups in total. The second-order valence-electron chi connectivity index (χ2n) is 5.56. The lowest BCUT2D eigenvalue weighted by molar-refractivity contribution is 0.0636. The van der Waals surface area contributed by atoms with E-state index in [-0.39, 0.29) is 5.56 Å². The zero-order valence-corrected chi connectivity index (χ0v) is 12.0. The molecule has 0 aliphatic carbocycles. The second-order valence-corrected chi connectivity index (χ2v) is 5.56. The van der Waals surface area contributed by atoms with Gasteiger partial charge in [-0.15, -0.1) is 0 Å². The Morgan fingerprint density at radius 1 is 1.35 bits per heavy atom. The van der Waals surface area contributed by atoms with Crippen LogP contribution in [-0.2, 0) is 4.74 Å². The van der Waals surface area contributed by atoms with Crippen LogP contribution in [0.1, 0.15) is 37.9 Å². The van der Waals surface area contributed by atoms with Crippen LogP contribution in [0.15, 0.2) is 18.2 Å². The molecule has 0 aromatic heterocycles. The van der Waals surface area contributed by atoms with Crippen molar-refractivity contribution >= 4 is 11.8 Å². The van der Waals surface area contributed by atoms with Crippen LogP contribution in [0.5, 0.6) is 0 Å². The summed E-state index contributed by atoms with van der Waals surface area (Å²) in [6.07, 6.45) is -3.30. The molecule has 1 unspecified atom stereocenters. The van der Waals surface area contributed by atoms with Gasteiger partial charge in [-0.25, -0.2) is 13.6 Å². The molecule has 1 aromatic carbocycles. The van der Waals surface area contributed by atoms with Crippen LogP contribution in [0, 0.1) is 6.92 Å². The van der Waals surface area contributed by atoms with Crippen molar-refractivity contribution < 1.29 is 18.3 Å². The van der Waals surface area contributed by atoms with Crippen molar-refractivity contribution in [1.29, 1.82) is 0 Å². The minimum atomic E-state index is -2.66. The smallest absolute Gasteiger partial charge is 0.412 e. The van der Waals surface area contributed by atoms with Crippen molar-refractivity contribution in [2.75, 3.05) is 5.32 Å². The van der Waals surface area contributed by atoms with E-state index in [0.717, 1.165) is 5.56 Å². The lowest BCUT2D eigenvalue weighted by atomic mass is 10.0. The predicted octanol–water partition coefficient (Wildman–Crippen LogP) is 3.61. The van der Waals surface area contributed by atoms with E-state index in [1.165, 1.54) is 12.1 Å². The molecule has 0 aliphatic heterocycles. The average molecular weight is 286 g/mol. The molecule has 1 aromatic rings. The van der Waals surface area contributed by atoms with Crippen LogP contribution < -0.4 is 11.1 Å². The summed E-state index contributed by atoms with van der Waals surface area (Å²) in [5.41, 5.74) is 6.17. The number of hydrogen-bond acceptors (Lipinski definition) is 3. The Kier molecular flexibility index (Phi) is 5.05. The minimum absolute atomic E-state index is 0.261. The molecular formula is C14H20F2N2O2. The van der Waals surface area contributed by atoms with Gasteiger partial charge in [0.05, 0.1) is 6.04 Å². The maximum absolute atomic E-state index is 12.6. The van der Waals surface area contributed by atoms with Crippen molar-refractivity contribution in [3.05, 3.63) is 29.3 Å². The lowest BCUT2D eigenvalue weighted by Crippen LogP contribution is -2.27. The standard InChI is InChI=1S/C14H20F2N2O2/c1-8-5-6-9(11(17)12(15)16)7-10(8)18-13(19)20-14(2,3)4/h5-7,11-12H,17H2,1-4H3,(H,18,19). The molecule has 0 saturated carbocycles.